The van der Waals surface area contributed by atoms with E-state index in [1.54, 1.807) is 30.2 Å². The minimum absolute atomic E-state index is 0.0788. The van der Waals surface area contributed by atoms with Gasteiger partial charge in [-0.05, 0) is 56.8 Å². The summed E-state index contributed by atoms with van der Waals surface area (Å²) in [5.41, 5.74) is -0.562. The van der Waals surface area contributed by atoms with Gasteiger partial charge < -0.3 is 29.9 Å². The molecule has 2 N–H and O–H groups in total. The Morgan fingerprint density at radius 2 is 1.88 bits per heavy atom. The minimum Gasteiger partial charge on any atom is -0.497 e. The Kier molecular flexibility index (Phi) is 9.04. The number of hydrogen-bond acceptors (Lipinski definition) is 6. The van der Waals surface area contributed by atoms with E-state index >= 15 is 0 Å². The van der Waals surface area contributed by atoms with Crippen LogP contribution < -0.4 is 15.4 Å². The molecular weight excluding hydrogens is 520 g/mol. The van der Waals surface area contributed by atoms with E-state index in [0.717, 1.165) is 45.2 Å². The number of nitrogens with zero attached hydrogens (tertiary/aromatic N) is 2. The van der Waals surface area contributed by atoms with E-state index in [-0.39, 0.29) is 23.8 Å². The lowest BCUT2D eigenvalue weighted by Crippen LogP contribution is -2.58. The number of nitrogens with one attached hydrogen (secondary N) is 2. The number of amides is 3. The Balaban J connectivity index is 1.42. The van der Waals surface area contributed by atoms with Crippen LogP contribution in [-0.4, -0.2) is 84.6 Å². The van der Waals surface area contributed by atoms with Crippen molar-refractivity contribution in [2.75, 3.05) is 38.6 Å². The largest absolute Gasteiger partial charge is 0.497 e. The van der Waals surface area contributed by atoms with Gasteiger partial charge in [-0.2, -0.15) is 0 Å². The highest BCUT2D eigenvalue weighted by molar-refractivity contribution is 6.02. The number of ether oxygens (including phenoxy) is 2. The van der Waals surface area contributed by atoms with Crippen molar-refractivity contribution >= 4 is 23.4 Å². The van der Waals surface area contributed by atoms with Crippen molar-refractivity contribution in [3.63, 3.8) is 0 Å². The quantitative estimate of drug-likeness (QED) is 0.375. The molecule has 1 aliphatic carbocycles. The molecule has 3 amide bonds. The van der Waals surface area contributed by atoms with Crippen LogP contribution in [0, 0.1) is 17.8 Å². The molecule has 1 aromatic rings. The Morgan fingerprint density at radius 1 is 1.12 bits per heavy atom. The van der Waals surface area contributed by atoms with Crippen LogP contribution in [0.4, 0.5) is 5.69 Å². The Hall–Kier alpha value is -2.91. The number of carbonyl (C=O) groups excluding carboxylic acids is 3. The molecule has 3 heterocycles. The standard InChI is InChI=1S/C32H46N4O5/c1-5-16-35(17-6-2)18-19-36-28(30(38)34-24-13-8-7-10-21(24)3)32-15-14-25(41-32)26(27(32)31(36)39)29(37)33-22-11-9-12-23(20-22)40-4/h9,11-12,14-15,20-21,24-28H,5-8,10,13,16-19H2,1-4H3,(H,33,37)(H,34,38)/t21?,24?,25-,26?,27-,28?,32+/m0/s1. The smallest absolute Gasteiger partial charge is 0.246 e. The number of hydrogen-bond donors (Lipinski definition) is 2. The molecule has 1 saturated carbocycles. The molecule has 41 heavy (non-hydrogen) atoms. The average Bonchev–Trinajstić information content (AvgIpc) is 3.60. The fourth-order valence-electron chi connectivity index (χ4n) is 7.44. The zero-order valence-electron chi connectivity index (χ0n) is 24.9. The highest BCUT2D eigenvalue weighted by Crippen LogP contribution is 2.55. The average molecular weight is 567 g/mol. The highest BCUT2D eigenvalue weighted by Gasteiger charge is 2.72. The maximum Gasteiger partial charge on any atom is 0.246 e. The SMILES string of the molecule is CCCN(CCC)CCN1C(=O)[C@@H]2C(C(=O)Nc3cccc(OC)c3)[C@@H]3C=C[C@]2(O3)C1C(=O)NC1CCCCC1C. The predicted octanol–water partition coefficient (Wildman–Crippen LogP) is 3.60. The lowest BCUT2D eigenvalue weighted by atomic mass is 9.74. The normalized spacial score (nSPS) is 31.9. The van der Waals surface area contributed by atoms with Crippen LogP contribution in [0.2, 0.25) is 0 Å². The van der Waals surface area contributed by atoms with Gasteiger partial charge in [0.05, 0.1) is 25.0 Å². The van der Waals surface area contributed by atoms with Gasteiger partial charge in [-0.3, -0.25) is 14.4 Å². The molecule has 9 heteroatoms. The fraction of sp³-hybridized carbons (Fsp3) is 0.656. The Labute approximate surface area is 244 Å². The van der Waals surface area contributed by atoms with E-state index in [1.165, 1.54) is 6.42 Å². The first kappa shape index (κ1) is 29.6. The predicted molar refractivity (Wildman–Crippen MR) is 157 cm³/mol. The van der Waals surface area contributed by atoms with E-state index in [1.807, 2.05) is 18.2 Å². The molecule has 7 atom stereocenters. The third-order valence-electron chi connectivity index (χ3n) is 9.44. The first-order valence-electron chi connectivity index (χ1n) is 15.5. The van der Waals surface area contributed by atoms with Crippen LogP contribution in [0.1, 0.15) is 59.3 Å². The van der Waals surface area contributed by atoms with Crippen LogP contribution in [0.15, 0.2) is 36.4 Å². The summed E-state index contributed by atoms with van der Waals surface area (Å²) in [4.78, 5) is 46.2. The summed E-state index contributed by atoms with van der Waals surface area (Å²) < 4.78 is 11.8. The molecule has 224 valence electrons. The zero-order valence-corrected chi connectivity index (χ0v) is 24.9. The molecule has 2 bridgehead atoms. The topological polar surface area (TPSA) is 100 Å². The van der Waals surface area contributed by atoms with Crippen LogP contribution in [0.5, 0.6) is 5.75 Å². The number of benzene rings is 1. The molecule has 4 aliphatic rings. The second kappa shape index (κ2) is 12.5. The van der Waals surface area contributed by atoms with Crippen molar-refractivity contribution in [3.8, 4) is 5.75 Å². The number of carbonyl (C=O) groups is 3. The molecule has 3 aliphatic heterocycles. The second-order valence-corrected chi connectivity index (χ2v) is 12.2. The van der Waals surface area contributed by atoms with Crippen molar-refractivity contribution in [1.82, 2.24) is 15.1 Å². The van der Waals surface area contributed by atoms with Crippen LogP contribution in [0.3, 0.4) is 0 Å². The lowest BCUT2D eigenvalue weighted by molar-refractivity contribution is -0.141. The molecule has 1 aromatic carbocycles. The molecule has 9 nitrogen and oxygen atoms in total. The first-order valence-corrected chi connectivity index (χ1v) is 15.5. The van der Waals surface area contributed by atoms with E-state index in [2.05, 4.69) is 36.3 Å². The van der Waals surface area contributed by atoms with Crippen LogP contribution in [-0.2, 0) is 19.1 Å². The molecular formula is C32H46N4O5. The summed E-state index contributed by atoms with van der Waals surface area (Å²) in [6, 6.07) is 6.42. The van der Waals surface area contributed by atoms with Gasteiger partial charge in [0.2, 0.25) is 17.7 Å². The number of fused-ring (bicyclic) bond motifs is 1. The first-order chi connectivity index (χ1) is 19.8. The molecule has 2 saturated heterocycles. The summed E-state index contributed by atoms with van der Waals surface area (Å²) in [5.74, 6) is -1.10. The van der Waals surface area contributed by atoms with Gasteiger partial charge in [0.1, 0.15) is 17.4 Å². The van der Waals surface area contributed by atoms with E-state index in [4.69, 9.17) is 9.47 Å². The van der Waals surface area contributed by atoms with Crippen LogP contribution >= 0.6 is 0 Å². The van der Waals surface area contributed by atoms with Crippen LogP contribution in [0.25, 0.3) is 0 Å². The third-order valence-corrected chi connectivity index (χ3v) is 9.44. The van der Waals surface area contributed by atoms with E-state index < -0.39 is 29.6 Å². The summed E-state index contributed by atoms with van der Waals surface area (Å²) in [7, 11) is 1.58. The summed E-state index contributed by atoms with van der Waals surface area (Å²) in [6.45, 7) is 9.45. The van der Waals surface area contributed by atoms with Gasteiger partial charge >= 0.3 is 0 Å². The number of methoxy groups -OCH3 is 1. The molecule has 4 unspecified atom stereocenters. The minimum atomic E-state index is -1.15. The summed E-state index contributed by atoms with van der Waals surface area (Å²) in [5, 5.41) is 6.29. The maximum absolute atomic E-state index is 14.3. The Bertz CT molecular complexity index is 1150. The molecule has 1 spiro atoms. The molecule has 5 rings (SSSR count). The van der Waals surface area contributed by atoms with Crippen molar-refractivity contribution < 1.29 is 23.9 Å². The number of rotatable bonds is 12. The van der Waals surface area contributed by atoms with E-state index in [9.17, 15) is 14.4 Å². The van der Waals surface area contributed by atoms with Crippen molar-refractivity contribution in [2.24, 2.45) is 17.8 Å². The summed E-state index contributed by atoms with van der Waals surface area (Å²) in [6.07, 6.45) is 9.52. The molecule has 3 fully saturated rings. The second-order valence-electron chi connectivity index (χ2n) is 12.2. The summed E-state index contributed by atoms with van der Waals surface area (Å²) >= 11 is 0. The fourth-order valence-corrected chi connectivity index (χ4v) is 7.44. The van der Waals surface area contributed by atoms with E-state index in [0.29, 0.717) is 30.4 Å². The van der Waals surface area contributed by atoms with Gasteiger partial charge in [0, 0.05) is 30.9 Å². The van der Waals surface area contributed by atoms with Gasteiger partial charge in [-0.15, -0.1) is 0 Å². The van der Waals surface area contributed by atoms with Gasteiger partial charge in [-0.1, -0.05) is 51.8 Å². The third kappa shape index (κ3) is 5.63. The highest BCUT2D eigenvalue weighted by atomic mass is 16.5. The Morgan fingerprint density at radius 3 is 2.59 bits per heavy atom. The lowest BCUT2D eigenvalue weighted by Gasteiger charge is -2.36. The van der Waals surface area contributed by atoms with Gasteiger partial charge in [0.25, 0.3) is 0 Å². The number of anilines is 1. The number of likely N-dealkylation sites (tertiary alicyclic amines) is 1. The molecule has 0 aromatic heterocycles. The molecule has 0 radical (unpaired) electrons. The van der Waals surface area contributed by atoms with Gasteiger partial charge in [0.15, 0.2) is 0 Å². The zero-order chi connectivity index (χ0) is 29.1. The van der Waals surface area contributed by atoms with Crippen molar-refractivity contribution in [2.45, 2.75) is 83.1 Å². The maximum atomic E-state index is 14.3. The van der Waals surface area contributed by atoms with Crippen molar-refractivity contribution in [1.29, 1.82) is 0 Å². The van der Waals surface area contributed by atoms with Crippen molar-refractivity contribution in [3.05, 3.63) is 36.4 Å². The monoisotopic (exact) mass is 566 g/mol. The van der Waals surface area contributed by atoms with Gasteiger partial charge in [-0.25, -0.2) is 0 Å².